The Morgan fingerprint density at radius 3 is 1.44 bits per heavy atom. The fourth-order valence-corrected chi connectivity index (χ4v) is 9.02. The first-order valence-corrected chi connectivity index (χ1v) is 18.5. The van der Waals surface area contributed by atoms with Crippen LogP contribution in [0, 0.1) is 6.57 Å². The maximum absolute atomic E-state index is 7.82. The van der Waals surface area contributed by atoms with E-state index >= 15 is 0 Å². The van der Waals surface area contributed by atoms with Crippen LogP contribution < -0.4 is 0 Å². The second-order valence-corrected chi connectivity index (χ2v) is 14.3. The van der Waals surface area contributed by atoms with Gasteiger partial charge in [0.15, 0.2) is 5.69 Å². The van der Waals surface area contributed by atoms with Gasteiger partial charge in [-0.1, -0.05) is 103 Å². The van der Waals surface area contributed by atoms with Gasteiger partial charge in [-0.05, 0) is 89.3 Å². The lowest BCUT2D eigenvalue weighted by atomic mass is 9.98. The molecular weight excluding hydrogens is 671 g/mol. The lowest BCUT2D eigenvalue weighted by Crippen LogP contribution is -2.00. The van der Waals surface area contributed by atoms with Crippen molar-refractivity contribution in [1.29, 1.82) is 0 Å². The van der Waals surface area contributed by atoms with Gasteiger partial charge in [-0.15, -0.1) is 0 Å². The van der Waals surface area contributed by atoms with Crippen molar-refractivity contribution in [1.82, 2.24) is 18.5 Å². The summed E-state index contributed by atoms with van der Waals surface area (Å²) in [5, 5.41) is 8.18. The van der Waals surface area contributed by atoms with Gasteiger partial charge in [0.25, 0.3) is 0 Å². The summed E-state index contributed by atoms with van der Waals surface area (Å²) in [5.41, 5.74) is 13.5. The quantitative estimate of drug-likeness (QED) is 0.133. The normalized spacial score (nSPS) is 12.0. The Bertz CT molecular complexity index is 3390. The molecular formula is C50H29N5. The molecule has 0 amide bonds. The molecule has 5 heteroatoms. The van der Waals surface area contributed by atoms with Gasteiger partial charge in [-0.2, -0.15) is 0 Å². The largest absolute Gasteiger partial charge is 0.309 e. The number of hydrogen-bond acceptors (Lipinski definition) is 1. The molecule has 254 valence electrons. The van der Waals surface area contributed by atoms with E-state index in [4.69, 9.17) is 11.6 Å². The van der Waals surface area contributed by atoms with Crippen LogP contribution >= 0.6 is 0 Å². The van der Waals surface area contributed by atoms with Crippen molar-refractivity contribution < 1.29 is 0 Å². The van der Waals surface area contributed by atoms with Crippen molar-refractivity contribution in [3.05, 3.63) is 187 Å². The van der Waals surface area contributed by atoms with Gasteiger partial charge in [0.1, 0.15) is 5.65 Å². The van der Waals surface area contributed by atoms with E-state index in [-0.39, 0.29) is 0 Å². The van der Waals surface area contributed by atoms with E-state index in [1.807, 2.05) is 24.3 Å². The zero-order valence-corrected chi connectivity index (χ0v) is 29.5. The topological polar surface area (TPSA) is 31.5 Å². The van der Waals surface area contributed by atoms with Gasteiger partial charge < -0.3 is 9.13 Å². The van der Waals surface area contributed by atoms with Crippen molar-refractivity contribution in [2.45, 2.75) is 0 Å². The minimum absolute atomic E-state index is 0.608. The summed E-state index contributed by atoms with van der Waals surface area (Å²) >= 11 is 0. The maximum Gasteiger partial charge on any atom is 0.189 e. The van der Waals surface area contributed by atoms with Gasteiger partial charge in [0, 0.05) is 49.2 Å². The average molecular weight is 700 g/mol. The van der Waals surface area contributed by atoms with Crippen molar-refractivity contribution in [3.63, 3.8) is 0 Å². The third-order valence-electron chi connectivity index (χ3n) is 11.4. The molecule has 12 rings (SSSR count). The van der Waals surface area contributed by atoms with Gasteiger partial charge in [-0.25, -0.2) is 9.83 Å². The van der Waals surface area contributed by atoms with Crippen LogP contribution in [0.3, 0.4) is 0 Å². The van der Waals surface area contributed by atoms with Gasteiger partial charge in [0.2, 0.25) is 0 Å². The van der Waals surface area contributed by atoms with Crippen molar-refractivity contribution in [3.8, 4) is 22.5 Å². The zero-order chi connectivity index (χ0) is 36.2. The number of aromatic nitrogens is 4. The lowest BCUT2D eigenvalue weighted by Gasteiger charge is -2.16. The van der Waals surface area contributed by atoms with Crippen LogP contribution in [0.2, 0.25) is 0 Å². The Morgan fingerprint density at radius 1 is 0.382 bits per heavy atom. The third-order valence-corrected chi connectivity index (χ3v) is 11.4. The smallest absolute Gasteiger partial charge is 0.189 e. The number of nitrogens with zero attached hydrogens (tertiary/aromatic N) is 5. The van der Waals surface area contributed by atoms with Crippen LogP contribution in [0.5, 0.6) is 0 Å². The number of fused-ring (bicyclic) bond motifs is 14. The maximum atomic E-state index is 7.82. The first kappa shape index (κ1) is 29.9. The molecule has 0 aliphatic heterocycles. The van der Waals surface area contributed by atoms with Crippen LogP contribution in [0.4, 0.5) is 5.69 Å². The minimum atomic E-state index is 0.608. The van der Waals surface area contributed by atoms with E-state index in [0.29, 0.717) is 5.69 Å². The van der Waals surface area contributed by atoms with E-state index < -0.39 is 0 Å². The molecule has 12 aromatic rings. The average Bonchev–Trinajstić information content (AvgIpc) is 3.92. The van der Waals surface area contributed by atoms with Crippen LogP contribution in [-0.4, -0.2) is 18.5 Å². The fraction of sp³-hybridized carbons (Fsp3) is 0. The Morgan fingerprint density at radius 2 is 0.873 bits per heavy atom. The molecule has 0 saturated carbocycles. The number of benzene rings is 8. The van der Waals surface area contributed by atoms with Gasteiger partial charge in [-0.3, -0.25) is 4.40 Å². The van der Waals surface area contributed by atoms with E-state index in [1.165, 1.54) is 43.6 Å². The Balaban J connectivity index is 1.19. The first-order chi connectivity index (χ1) is 27.2. The van der Waals surface area contributed by atoms with E-state index in [2.05, 4.69) is 170 Å². The molecule has 0 radical (unpaired) electrons. The highest BCUT2D eigenvalue weighted by molar-refractivity contribution is 6.16. The fourth-order valence-electron chi connectivity index (χ4n) is 9.02. The van der Waals surface area contributed by atoms with E-state index in [0.717, 1.165) is 60.9 Å². The van der Waals surface area contributed by atoms with Crippen molar-refractivity contribution in [2.24, 2.45) is 0 Å². The SMILES string of the molecule is [C-]#[N+]c1ccc2c3cc(-c4cc(-n5c6ccccc6c6ccccc65)cc(-n5c6ccccc6c6ccccc65)c4)ccc3c3nc4ccccc4n3c2c1. The molecule has 0 N–H and O–H groups in total. The molecule has 4 aromatic heterocycles. The Kier molecular flexibility index (Phi) is 6.06. The standard InChI is InChI=1S/C50H29N5/c1-51-33-23-25-40-42-28-31(22-24-41(42)50-52-43-16-6-11-21-48(43)55(50)49(40)29-33)32-26-34(53-44-17-7-2-12-36(44)37-13-3-8-18-45(37)53)30-35(27-32)54-46-19-9-4-14-38(46)39-15-5-10-20-47(39)54/h2-30H. The third kappa shape index (κ3) is 4.19. The zero-order valence-electron chi connectivity index (χ0n) is 29.5. The predicted octanol–water partition coefficient (Wildman–Crippen LogP) is 13.2. The Labute approximate surface area is 315 Å². The second kappa shape index (κ2) is 11.2. The summed E-state index contributed by atoms with van der Waals surface area (Å²) in [6, 6.07) is 62.8. The molecule has 0 fully saturated rings. The first-order valence-electron chi connectivity index (χ1n) is 18.5. The van der Waals surface area contributed by atoms with Crippen LogP contribution in [-0.2, 0) is 0 Å². The number of imidazole rings is 1. The Hall–Kier alpha value is -7.68. The highest BCUT2D eigenvalue weighted by Crippen LogP contribution is 2.40. The van der Waals surface area contributed by atoms with Gasteiger partial charge >= 0.3 is 0 Å². The van der Waals surface area contributed by atoms with E-state index in [1.54, 1.807) is 0 Å². The molecule has 8 aromatic carbocycles. The summed E-state index contributed by atoms with van der Waals surface area (Å²) in [5.74, 6) is 0. The number of pyridine rings is 1. The monoisotopic (exact) mass is 699 g/mol. The lowest BCUT2D eigenvalue weighted by molar-refractivity contribution is 1.13. The summed E-state index contributed by atoms with van der Waals surface area (Å²) in [6.07, 6.45) is 0. The number of rotatable bonds is 3. The molecule has 0 aliphatic carbocycles. The van der Waals surface area contributed by atoms with Crippen LogP contribution in [0.1, 0.15) is 0 Å². The summed E-state index contributed by atoms with van der Waals surface area (Å²) in [7, 11) is 0. The second-order valence-electron chi connectivity index (χ2n) is 14.3. The number of hydrogen-bond donors (Lipinski definition) is 0. The van der Waals surface area contributed by atoms with Crippen LogP contribution in [0.25, 0.3) is 109 Å². The molecule has 0 unspecified atom stereocenters. The highest BCUT2D eigenvalue weighted by Gasteiger charge is 2.19. The summed E-state index contributed by atoms with van der Waals surface area (Å²) in [6.45, 7) is 7.82. The van der Waals surface area contributed by atoms with Crippen molar-refractivity contribution in [2.75, 3.05) is 0 Å². The number of para-hydroxylation sites is 6. The highest BCUT2D eigenvalue weighted by atomic mass is 15.0. The van der Waals surface area contributed by atoms with Crippen molar-refractivity contribution >= 4 is 87.7 Å². The molecule has 55 heavy (non-hydrogen) atoms. The predicted molar refractivity (Wildman–Crippen MR) is 228 cm³/mol. The summed E-state index contributed by atoms with van der Waals surface area (Å²) < 4.78 is 7.03. The summed E-state index contributed by atoms with van der Waals surface area (Å²) in [4.78, 5) is 8.94. The minimum Gasteiger partial charge on any atom is -0.309 e. The molecule has 0 spiro atoms. The molecule has 0 aliphatic rings. The van der Waals surface area contributed by atoms with Gasteiger partial charge in [0.05, 0.1) is 39.7 Å². The molecule has 5 nitrogen and oxygen atoms in total. The van der Waals surface area contributed by atoms with Crippen LogP contribution in [0.15, 0.2) is 176 Å². The molecule has 4 heterocycles. The van der Waals surface area contributed by atoms with E-state index in [9.17, 15) is 0 Å². The molecule has 0 bridgehead atoms. The molecule has 0 saturated heterocycles. The molecule has 0 atom stereocenters.